The molecular weight excluding hydrogens is 414 g/mol. The van der Waals surface area contributed by atoms with Crippen LogP contribution in [0.1, 0.15) is 19.7 Å². The molecule has 1 aromatic carbocycles. The summed E-state index contributed by atoms with van der Waals surface area (Å²) < 4.78 is 12.1. The standard InChI is InChI=1S/C16H14BrN5O3.C2H6/c17-11-3-1-2-4-13(11)24-10-7-22(8-10)14-6-5-12(18-19-14)16-21-20-15(9-23)25-16;1-2/h1-6,10,23H,7-9H2;1-2H3. The van der Waals surface area contributed by atoms with Gasteiger partial charge in [0.25, 0.3) is 5.89 Å². The van der Waals surface area contributed by atoms with E-state index >= 15 is 0 Å². The minimum Gasteiger partial charge on any atom is -0.486 e. The zero-order chi connectivity index (χ0) is 19.2. The van der Waals surface area contributed by atoms with Crippen molar-refractivity contribution in [3.63, 3.8) is 0 Å². The molecule has 142 valence electrons. The molecule has 3 heterocycles. The molecule has 0 radical (unpaired) electrons. The van der Waals surface area contributed by atoms with Gasteiger partial charge in [-0.2, -0.15) is 0 Å². The van der Waals surface area contributed by atoms with E-state index in [1.807, 2.05) is 44.2 Å². The Morgan fingerprint density at radius 2 is 1.89 bits per heavy atom. The van der Waals surface area contributed by atoms with Crippen LogP contribution < -0.4 is 9.64 Å². The third-order valence-electron chi connectivity index (χ3n) is 3.77. The van der Waals surface area contributed by atoms with Crippen molar-refractivity contribution in [1.29, 1.82) is 0 Å². The van der Waals surface area contributed by atoms with E-state index in [9.17, 15) is 0 Å². The van der Waals surface area contributed by atoms with Crippen molar-refractivity contribution in [3.8, 4) is 17.3 Å². The molecule has 3 aromatic rings. The molecule has 0 bridgehead atoms. The first-order valence-electron chi connectivity index (χ1n) is 8.66. The van der Waals surface area contributed by atoms with Gasteiger partial charge >= 0.3 is 0 Å². The van der Waals surface area contributed by atoms with Crippen LogP contribution in [0.5, 0.6) is 5.75 Å². The zero-order valence-electron chi connectivity index (χ0n) is 15.0. The predicted octanol–water partition coefficient (Wildman–Crippen LogP) is 3.08. The lowest BCUT2D eigenvalue weighted by Gasteiger charge is -2.39. The lowest BCUT2D eigenvalue weighted by atomic mass is 10.1. The summed E-state index contributed by atoms with van der Waals surface area (Å²) in [6, 6.07) is 11.4. The highest BCUT2D eigenvalue weighted by Gasteiger charge is 2.30. The van der Waals surface area contributed by atoms with Crippen molar-refractivity contribution < 1.29 is 14.3 Å². The van der Waals surface area contributed by atoms with Crippen molar-refractivity contribution in [2.75, 3.05) is 18.0 Å². The highest BCUT2D eigenvalue weighted by molar-refractivity contribution is 9.10. The molecular formula is C18H20BrN5O3. The second-order valence-corrected chi connectivity index (χ2v) is 6.37. The Hall–Kier alpha value is -2.52. The van der Waals surface area contributed by atoms with E-state index in [1.165, 1.54) is 0 Å². The lowest BCUT2D eigenvalue weighted by molar-refractivity contribution is 0.165. The van der Waals surface area contributed by atoms with E-state index in [2.05, 4.69) is 41.2 Å². The van der Waals surface area contributed by atoms with Crippen LogP contribution in [-0.2, 0) is 6.61 Å². The van der Waals surface area contributed by atoms with E-state index in [0.29, 0.717) is 5.69 Å². The molecule has 1 aliphatic rings. The van der Waals surface area contributed by atoms with Crippen LogP contribution in [0.15, 0.2) is 45.3 Å². The molecule has 0 atom stereocenters. The Bertz CT molecular complexity index is 865. The van der Waals surface area contributed by atoms with Gasteiger partial charge in [0.05, 0.1) is 17.6 Å². The number of hydrogen-bond donors (Lipinski definition) is 1. The number of ether oxygens (including phenoxy) is 1. The molecule has 9 heteroatoms. The molecule has 8 nitrogen and oxygen atoms in total. The minimum absolute atomic E-state index is 0.114. The molecule has 1 aliphatic heterocycles. The number of nitrogens with zero attached hydrogens (tertiary/aromatic N) is 5. The van der Waals surface area contributed by atoms with Gasteiger partial charge in [-0.25, -0.2) is 0 Å². The van der Waals surface area contributed by atoms with E-state index in [4.69, 9.17) is 14.3 Å². The molecule has 0 amide bonds. The van der Waals surface area contributed by atoms with Gasteiger partial charge in [0.1, 0.15) is 24.2 Å². The van der Waals surface area contributed by atoms with Gasteiger partial charge in [0.2, 0.25) is 5.89 Å². The first kappa shape index (κ1) is 19.2. The number of para-hydroxylation sites is 1. The number of halogens is 1. The Morgan fingerprint density at radius 3 is 2.52 bits per heavy atom. The Kier molecular flexibility index (Phi) is 6.36. The maximum absolute atomic E-state index is 8.95. The summed E-state index contributed by atoms with van der Waals surface area (Å²) in [5.41, 5.74) is 0.470. The number of aromatic nitrogens is 4. The maximum atomic E-state index is 8.95. The number of anilines is 1. The predicted molar refractivity (Wildman–Crippen MR) is 103 cm³/mol. The number of aliphatic hydroxyl groups is 1. The monoisotopic (exact) mass is 433 g/mol. The lowest BCUT2D eigenvalue weighted by Crippen LogP contribution is -2.54. The van der Waals surface area contributed by atoms with Crippen molar-refractivity contribution in [2.45, 2.75) is 26.6 Å². The van der Waals surface area contributed by atoms with Crippen molar-refractivity contribution in [2.24, 2.45) is 0 Å². The SMILES string of the molecule is CC.OCc1nnc(-c2ccc(N3CC(Oc4ccccc4Br)C3)nn2)o1. The van der Waals surface area contributed by atoms with Gasteiger partial charge < -0.3 is 19.2 Å². The molecule has 0 spiro atoms. The largest absolute Gasteiger partial charge is 0.486 e. The fourth-order valence-corrected chi connectivity index (χ4v) is 2.83. The van der Waals surface area contributed by atoms with Crippen LogP contribution in [0.3, 0.4) is 0 Å². The van der Waals surface area contributed by atoms with E-state index in [-0.39, 0.29) is 24.5 Å². The Labute approximate surface area is 165 Å². The van der Waals surface area contributed by atoms with E-state index in [0.717, 1.165) is 29.1 Å². The van der Waals surface area contributed by atoms with Crippen LogP contribution >= 0.6 is 15.9 Å². The summed E-state index contributed by atoms with van der Waals surface area (Å²) in [6.45, 7) is 5.18. The van der Waals surface area contributed by atoms with Crippen molar-refractivity contribution >= 4 is 21.7 Å². The maximum Gasteiger partial charge on any atom is 0.268 e. The Morgan fingerprint density at radius 1 is 1.11 bits per heavy atom. The van der Waals surface area contributed by atoms with Crippen LogP contribution in [0.25, 0.3) is 11.6 Å². The first-order valence-corrected chi connectivity index (χ1v) is 9.45. The fraction of sp³-hybridized carbons (Fsp3) is 0.333. The second-order valence-electron chi connectivity index (χ2n) is 5.51. The number of benzene rings is 1. The number of aliphatic hydroxyl groups excluding tert-OH is 1. The smallest absolute Gasteiger partial charge is 0.268 e. The summed E-state index contributed by atoms with van der Waals surface area (Å²) >= 11 is 3.48. The summed E-state index contributed by atoms with van der Waals surface area (Å²) in [6.07, 6.45) is 0.114. The van der Waals surface area contributed by atoms with Crippen LogP contribution in [-0.4, -0.2) is 44.7 Å². The van der Waals surface area contributed by atoms with Gasteiger partial charge in [-0.15, -0.1) is 20.4 Å². The molecule has 0 aliphatic carbocycles. The van der Waals surface area contributed by atoms with Crippen molar-refractivity contribution in [1.82, 2.24) is 20.4 Å². The molecule has 1 saturated heterocycles. The molecule has 1 fully saturated rings. The quantitative estimate of drug-likeness (QED) is 0.655. The van der Waals surface area contributed by atoms with Crippen molar-refractivity contribution in [3.05, 3.63) is 46.8 Å². The van der Waals surface area contributed by atoms with Crippen LogP contribution in [0, 0.1) is 0 Å². The third-order valence-corrected chi connectivity index (χ3v) is 4.43. The van der Waals surface area contributed by atoms with Crippen LogP contribution in [0.4, 0.5) is 5.82 Å². The third kappa shape index (κ3) is 4.42. The highest BCUT2D eigenvalue weighted by atomic mass is 79.9. The van der Waals surface area contributed by atoms with Crippen LogP contribution in [0.2, 0.25) is 0 Å². The summed E-state index contributed by atoms with van der Waals surface area (Å²) in [7, 11) is 0. The average Bonchev–Trinajstić information content (AvgIpc) is 3.17. The first-order chi connectivity index (χ1) is 13.2. The summed E-state index contributed by atoms with van der Waals surface area (Å²) in [4.78, 5) is 2.07. The molecule has 4 rings (SSSR count). The fourth-order valence-electron chi connectivity index (χ4n) is 2.45. The molecule has 0 unspecified atom stereocenters. The van der Waals surface area contributed by atoms with Gasteiger partial charge in [-0.3, -0.25) is 0 Å². The van der Waals surface area contributed by atoms with Gasteiger partial charge in [-0.1, -0.05) is 26.0 Å². The van der Waals surface area contributed by atoms with E-state index < -0.39 is 0 Å². The van der Waals surface area contributed by atoms with Gasteiger partial charge in [0.15, 0.2) is 5.82 Å². The van der Waals surface area contributed by atoms with Gasteiger partial charge in [0, 0.05) is 0 Å². The molecule has 1 N–H and O–H groups in total. The summed E-state index contributed by atoms with van der Waals surface area (Å²) in [5, 5.41) is 24.7. The molecule has 27 heavy (non-hydrogen) atoms. The highest BCUT2D eigenvalue weighted by Crippen LogP contribution is 2.28. The summed E-state index contributed by atoms with van der Waals surface area (Å²) in [5.74, 6) is 1.99. The Balaban J connectivity index is 0.00000102. The normalized spacial score (nSPS) is 13.6. The molecule has 0 saturated carbocycles. The molecule has 2 aromatic heterocycles. The number of rotatable bonds is 5. The minimum atomic E-state index is -0.300. The van der Waals surface area contributed by atoms with Gasteiger partial charge in [-0.05, 0) is 40.2 Å². The second kappa shape index (κ2) is 8.92. The topological polar surface area (TPSA) is 97.4 Å². The zero-order valence-corrected chi connectivity index (χ0v) is 16.6. The number of hydrogen-bond acceptors (Lipinski definition) is 8. The van der Waals surface area contributed by atoms with E-state index in [1.54, 1.807) is 6.07 Å². The average molecular weight is 434 g/mol.